The van der Waals surface area contributed by atoms with Crippen LogP contribution in [0.4, 0.5) is 5.95 Å². The van der Waals surface area contributed by atoms with Gasteiger partial charge in [0.25, 0.3) is 0 Å². The molecule has 3 heterocycles. The number of rotatable bonds is 4. The van der Waals surface area contributed by atoms with Crippen LogP contribution in [-0.4, -0.2) is 30.1 Å². The minimum absolute atomic E-state index is 0.171. The summed E-state index contributed by atoms with van der Waals surface area (Å²) >= 11 is 0. The summed E-state index contributed by atoms with van der Waals surface area (Å²) in [6, 6.07) is 12.1. The molecule has 3 aromatic heterocycles. The number of nitrogens with zero attached hydrogens (tertiary/aromatic N) is 5. The summed E-state index contributed by atoms with van der Waals surface area (Å²) < 4.78 is 3.35. The van der Waals surface area contributed by atoms with Crippen LogP contribution in [-0.2, 0) is 11.3 Å². The predicted molar refractivity (Wildman–Crippen MR) is 94.0 cm³/mol. The maximum absolute atomic E-state index is 12.0. The summed E-state index contributed by atoms with van der Waals surface area (Å²) in [6.45, 7) is 2.23. The zero-order valence-corrected chi connectivity index (χ0v) is 13.6. The van der Waals surface area contributed by atoms with E-state index in [1.165, 1.54) is 5.56 Å². The first-order valence-electron chi connectivity index (χ1n) is 7.86. The van der Waals surface area contributed by atoms with E-state index < -0.39 is 0 Å². The van der Waals surface area contributed by atoms with Gasteiger partial charge in [-0.15, -0.1) is 5.10 Å². The largest absolute Gasteiger partial charge is 0.328 e. The molecule has 0 atom stereocenters. The van der Waals surface area contributed by atoms with Crippen molar-refractivity contribution in [1.29, 1.82) is 0 Å². The Labute approximate surface area is 144 Å². The quantitative estimate of drug-likeness (QED) is 0.623. The molecule has 7 heteroatoms. The molecule has 1 amide bonds. The van der Waals surface area contributed by atoms with Crippen molar-refractivity contribution in [2.24, 2.45) is 0 Å². The van der Waals surface area contributed by atoms with Crippen LogP contribution in [0.15, 0.2) is 61.3 Å². The number of hydrogen-bond acceptors (Lipinski definition) is 4. The molecule has 4 rings (SSSR count). The summed E-state index contributed by atoms with van der Waals surface area (Å²) in [5.74, 6) is 0.0827. The van der Waals surface area contributed by atoms with Crippen LogP contribution in [0.3, 0.4) is 0 Å². The van der Waals surface area contributed by atoms with Crippen molar-refractivity contribution in [3.8, 4) is 11.1 Å². The van der Waals surface area contributed by atoms with Gasteiger partial charge in [-0.25, -0.2) is 9.50 Å². The Morgan fingerprint density at radius 1 is 1.20 bits per heavy atom. The van der Waals surface area contributed by atoms with Gasteiger partial charge >= 0.3 is 0 Å². The van der Waals surface area contributed by atoms with Gasteiger partial charge in [0.1, 0.15) is 6.54 Å². The first-order valence-corrected chi connectivity index (χ1v) is 7.86. The fraction of sp³-hybridized carbons (Fsp3) is 0.111. The fourth-order valence-electron chi connectivity index (χ4n) is 2.64. The van der Waals surface area contributed by atoms with E-state index in [4.69, 9.17) is 0 Å². The maximum atomic E-state index is 12.0. The normalized spacial score (nSPS) is 10.9. The third kappa shape index (κ3) is 3.25. The highest BCUT2D eigenvalue weighted by Crippen LogP contribution is 2.21. The van der Waals surface area contributed by atoms with Gasteiger partial charge in [0.05, 0.1) is 6.33 Å². The molecular weight excluding hydrogens is 316 g/mol. The van der Waals surface area contributed by atoms with Crippen LogP contribution in [0.5, 0.6) is 0 Å². The number of pyridine rings is 1. The Hall–Kier alpha value is -3.48. The molecule has 25 heavy (non-hydrogen) atoms. The van der Waals surface area contributed by atoms with Crippen molar-refractivity contribution in [3.63, 3.8) is 0 Å². The molecule has 0 spiro atoms. The van der Waals surface area contributed by atoms with Crippen LogP contribution in [0.25, 0.3) is 16.8 Å². The number of aryl methyl sites for hydroxylation is 1. The van der Waals surface area contributed by atoms with Crippen LogP contribution < -0.4 is 5.32 Å². The van der Waals surface area contributed by atoms with Crippen LogP contribution in [0.1, 0.15) is 5.56 Å². The van der Waals surface area contributed by atoms with Crippen LogP contribution >= 0.6 is 0 Å². The zero-order valence-electron chi connectivity index (χ0n) is 13.6. The monoisotopic (exact) mass is 332 g/mol. The molecule has 0 radical (unpaired) electrons. The lowest BCUT2D eigenvalue weighted by Gasteiger charge is -2.03. The lowest BCUT2D eigenvalue weighted by Crippen LogP contribution is -2.18. The van der Waals surface area contributed by atoms with Crippen molar-refractivity contribution in [1.82, 2.24) is 24.1 Å². The molecule has 1 aromatic carbocycles. The molecule has 0 unspecified atom stereocenters. The number of fused-ring (bicyclic) bond motifs is 1. The number of benzene rings is 1. The van der Waals surface area contributed by atoms with Gasteiger partial charge < -0.3 is 4.57 Å². The summed E-state index contributed by atoms with van der Waals surface area (Å²) in [7, 11) is 0. The summed E-state index contributed by atoms with van der Waals surface area (Å²) in [5, 5.41) is 7.05. The SMILES string of the molecule is Cc1cccc(-c2ccc3nc(NC(=O)Cn4ccnc4)nn3c2)c1. The minimum atomic E-state index is -0.201. The Balaban J connectivity index is 1.57. The number of carbonyl (C=O) groups excluding carboxylic acids is 1. The van der Waals surface area contributed by atoms with Crippen molar-refractivity contribution in [3.05, 3.63) is 66.9 Å². The van der Waals surface area contributed by atoms with Crippen LogP contribution in [0, 0.1) is 6.92 Å². The molecule has 0 saturated carbocycles. The minimum Gasteiger partial charge on any atom is -0.328 e. The van der Waals surface area contributed by atoms with E-state index in [9.17, 15) is 4.79 Å². The Morgan fingerprint density at radius 2 is 2.12 bits per heavy atom. The third-order valence-electron chi connectivity index (χ3n) is 3.82. The topological polar surface area (TPSA) is 77.1 Å². The molecular formula is C18H16N6O. The van der Waals surface area contributed by atoms with E-state index in [-0.39, 0.29) is 18.4 Å². The van der Waals surface area contributed by atoms with Gasteiger partial charge in [-0.3, -0.25) is 10.1 Å². The lowest BCUT2D eigenvalue weighted by molar-refractivity contribution is -0.116. The van der Waals surface area contributed by atoms with Gasteiger partial charge in [0.15, 0.2) is 5.65 Å². The number of amides is 1. The van der Waals surface area contributed by atoms with E-state index in [0.717, 1.165) is 11.1 Å². The second-order valence-electron chi connectivity index (χ2n) is 5.81. The molecule has 1 N–H and O–H groups in total. The van der Waals surface area contributed by atoms with E-state index >= 15 is 0 Å². The predicted octanol–water partition coefficient (Wildman–Crippen LogP) is 2.54. The highest BCUT2D eigenvalue weighted by molar-refractivity contribution is 5.89. The molecule has 0 saturated heterocycles. The molecule has 0 fully saturated rings. The standard InChI is InChI=1S/C18H16N6O/c1-13-3-2-4-14(9-13)15-5-6-16-20-18(22-24(16)10-15)21-17(25)11-23-8-7-19-12-23/h2-10,12H,11H2,1H3,(H,21,22,25). The van der Waals surface area contributed by atoms with Gasteiger partial charge in [-0.2, -0.15) is 4.98 Å². The number of imidazole rings is 1. The molecule has 124 valence electrons. The Kier molecular flexibility index (Phi) is 3.74. The number of nitrogens with one attached hydrogen (secondary N) is 1. The summed E-state index contributed by atoms with van der Waals surface area (Å²) in [5.41, 5.74) is 4.03. The summed E-state index contributed by atoms with van der Waals surface area (Å²) in [4.78, 5) is 20.3. The number of aromatic nitrogens is 5. The molecule has 0 aliphatic rings. The third-order valence-corrected chi connectivity index (χ3v) is 3.82. The van der Waals surface area contributed by atoms with Gasteiger partial charge in [0, 0.05) is 24.2 Å². The van der Waals surface area contributed by atoms with Crippen molar-refractivity contribution in [2.45, 2.75) is 13.5 Å². The smallest absolute Gasteiger partial charge is 0.249 e. The Bertz CT molecular complexity index is 1030. The number of anilines is 1. The average molecular weight is 332 g/mol. The molecule has 7 nitrogen and oxygen atoms in total. The fourth-order valence-corrected chi connectivity index (χ4v) is 2.64. The summed E-state index contributed by atoms with van der Waals surface area (Å²) in [6.07, 6.45) is 6.85. The Morgan fingerprint density at radius 3 is 2.92 bits per heavy atom. The van der Waals surface area contributed by atoms with E-state index in [2.05, 4.69) is 45.5 Å². The van der Waals surface area contributed by atoms with E-state index in [1.54, 1.807) is 27.8 Å². The number of hydrogen-bond donors (Lipinski definition) is 1. The maximum Gasteiger partial charge on any atom is 0.249 e. The van der Waals surface area contributed by atoms with Crippen LogP contribution in [0.2, 0.25) is 0 Å². The zero-order chi connectivity index (χ0) is 17.2. The highest BCUT2D eigenvalue weighted by Gasteiger charge is 2.09. The molecule has 0 bridgehead atoms. The second kappa shape index (κ2) is 6.20. The highest BCUT2D eigenvalue weighted by atomic mass is 16.2. The van der Waals surface area contributed by atoms with Crippen molar-refractivity contribution in [2.75, 3.05) is 5.32 Å². The average Bonchev–Trinajstić information content (AvgIpc) is 3.22. The number of carbonyl (C=O) groups is 1. The van der Waals surface area contributed by atoms with Gasteiger partial charge in [-0.05, 0) is 24.6 Å². The first-order chi connectivity index (χ1) is 12.2. The van der Waals surface area contributed by atoms with E-state index in [0.29, 0.717) is 5.65 Å². The molecule has 0 aliphatic carbocycles. The first kappa shape index (κ1) is 15.1. The van der Waals surface area contributed by atoms with Gasteiger partial charge in [-0.1, -0.05) is 29.8 Å². The van der Waals surface area contributed by atoms with Crippen molar-refractivity contribution >= 4 is 17.5 Å². The lowest BCUT2D eigenvalue weighted by atomic mass is 10.1. The van der Waals surface area contributed by atoms with Crippen molar-refractivity contribution < 1.29 is 4.79 Å². The molecule has 0 aliphatic heterocycles. The second-order valence-corrected chi connectivity index (χ2v) is 5.81. The van der Waals surface area contributed by atoms with E-state index in [1.807, 2.05) is 24.4 Å². The molecule has 4 aromatic rings. The van der Waals surface area contributed by atoms with Gasteiger partial charge in [0.2, 0.25) is 11.9 Å².